The molecule has 12 heavy (non-hydrogen) atoms. The standard InChI is InChI=1S/C5H3N3.2C2H6/c6-3-5-4-7-1-2-8-5;2*1-2/h1-2,4H;2*1-2H3. The average Bonchev–Trinajstić information content (AvgIpc) is 2.25. The van der Waals surface area contributed by atoms with Gasteiger partial charge in [-0.25, -0.2) is 4.98 Å². The van der Waals surface area contributed by atoms with Crippen molar-refractivity contribution in [3.63, 3.8) is 0 Å². The molecule has 0 spiro atoms. The second kappa shape index (κ2) is 12.3. The minimum Gasteiger partial charge on any atom is -0.260 e. The molecule has 0 saturated heterocycles. The van der Waals surface area contributed by atoms with Crippen LogP contribution in [0.2, 0.25) is 0 Å². The molecule has 0 radical (unpaired) electrons. The Balaban J connectivity index is 0. The molecule has 0 bridgehead atoms. The molecular weight excluding hydrogens is 150 g/mol. The molecule has 0 amide bonds. The van der Waals surface area contributed by atoms with Crippen LogP contribution in [0.1, 0.15) is 33.4 Å². The highest BCUT2D eigenvalue weighted by Crippen LogP contribution is 1.82. The van der Waals surface area contributed by atoms with Gasteiger partial charge in [-0.2, -0.15) is 5.26 Å². The number of nitrogens with zero attached hydrogens (tertiary/aromatic N) is 3. The first-order valence-electron chi connectivity index (χ1n) is 4.09. The van der Waals surface area contributed by atoms with E-state index in [1.54, 1.807) is 0 Å². The molecule has 0 aliphatic carbocycles. The molecule has 1 aromatic heterocycles. The van der Waals surface area contributed by atoms with Gasteiger partial charge in [-0.05, 0) is 0 Å². The first kappa shape index (κ1) is 13.2. The first-order chi connectivity index (χ1) is 5.93. The van der Waals surface area contributed by atoms with Crippen molar-refractivity contribution < 1.29 is 0 Å². The van der Waals surface area contributed by atoms with E-state index in [0.29, 0.717) is 5.69 Å². The van der Waals surface area contributed by atoms with Gasteiger partial charge in [0.15, 0.2) is 5.69 Å². The number of rotatable bonds is 0. The third-order valence-corrected chi connectivity index (χ3v) is 0.678. The normalized spacial score (nSPS) is 6.25. The fourth-order valence-electron chi connectivity index (χ4n) is 0.357. The van der Waals surface area contributed by atoms with Crippen molar-refractivity contribution in [3.05, 3.63) is 24.3 Å². The third kappa shape index (κ3) is 6.69. The molecule has 1 heterocycles. The Morgan fingerprint density at radius 1 is 1.17 bits per heavy atom. The molecular formula is C9H15N3. The lowest BCUT2D eigenvalue weighted by molar-refractivity contribution is 1.16. The predicted molar refractivity (Wildman–Crippen MR) is 49.4 cm³/mol. The maximum absolute atomic E-state index is 8.19. The summed E-state index contributed by atoms with van der Waals surface area (Å²) in [6.45, 7) is 8.00. The van der Waals surface area contributed by atoms with Crippen LogP contribution in [0, 0.1) is 11.3 Å². The van der Waals surface area contributed by atoms with Crippen LogP contribution in [0.5, 0.6) is 0 Å². The zero-order valence-corrected chi connectivity index (χ0v) is 8.07. The molecule has 0 unspecified atom stereocenters. The van der Waals surface area contributed by atoms with Gasteiger partial charge in [0.05, 0.1) is 6.20 Å². The van der Waals surface area contributed by atoms with Crippen LogP contribution in [0.3, 0.4) is 0 Å². The lowest BCUT2D eigenvalue weighted by atomic mass is 10.5. The van der Waals surface area contributed by atoms with Gasteiger partial charge >= 0.3 is 0 Å². The fraction of sp³-hybridized carbons (Fsp3) is 0.444. The van der Waals surface area contributed by atoms with Gasteiger partial charge in [0, 0.05) is 12.4 Å². The summed E-state index contributed by atoms with van der Waals surface area (Å²) in [4.78, 5) is 7.34. The van der Waals surface area contributed by atoms with Crippen LogP contribution in [-0.4, -0.2) is 9.97 Å². The molecule has 0 fully saturated rings. The van der Waals surface area contributed by atoms with Crippen LogP contribution in [-0.2, 0) is 0 Å². The summed E-state index contributed by atoms with van der Waals surface area (Å²) in [5.41, 5.74) is 0.354. The molecule has 1 aromatic rings. The molecule has 0 aliphatic heterocycles. The zero-order chi connectivity index (χ0) is 9.82. The lowest BCUT2D eigenvalue weighted by Crippen LogP contribution is -1.79. The van der Waals surface area contributed by atoms with Crippen molar-refractivity contribution in [3.8, 4) is 6.07 Å². The van der Waals surface area contributed by atoms with E-state index in [9.17, 15) is 0 Å². The predicted octanol–water partition coefficient (Wildman–Crippen LogP) is 2.40. The quantitative estimate of drug-likeness (QED) is 0.593. The van der Waals surface area contributed by atoms with Crippen molar-refractivity contribution in [1.29, 1.82) is 5.26 Å². The van der Waals surface area contributed by atoms with Crippen molar-refractivity contribution in [2.24, 2.45) is 0 Å². The van der Waals surface area contributed by atoms with E-state index < -0.39 is 0 Å². The van der Waals surface area contributed by atoms with Gasteiger partial charge in [0.1, 0.15) is 6.07 Å². The van der Waals surface area contributed by atoms with Crippen LogP contribution in [0.15, 0.2) is 18.6 Å². The highest BCUT2D eigenvalue weighted by molar-refractivity contribution is 5.13. The average molecular weight is 165 g/mol. The Kier molecular flexibility index (Phi) is 13.5. The summed E-state index contributed by atoms with van der Waals surface area (Å²) in [5.74, 6) is 0. The van der Waals surface area contributed by atoms with Gasteiger partial charge in [0.2, 0.25) is 0 Å². The summed E-state index contributed by atoms with van der Waals surface area (Å²) in [7, 11) is 0. The number of hydrogen-bond acceptors (Lipinski definition) is 3. The molecule has 3 heteroatoms. The monoisotopic (exact) mass is 165 g/mol. The van der Waals surface area contributed by atoms with Crippen molar-refractivity contribution in [1.82, 2.24) is 9.97 Å². The minimum absolute atomic E-state index is 0.354. The highest BCUT2D eigenvalue weighted by Gasteiger charge is 1.82. The SMILES string of the molecule is CC.CC.N#Cc1cnccn1. The summed E-state index contributed by atoms with van der Waals surface area (Å²) in [5, 5.41) is 8.19. The second-order valence-electron chi connectivity index (χ2n) is 1.20. The Labute approximate surface area is 74.1 Å². The molecule has 1 rings (SSSR count). The highest BCUT2D eigenvalue weighted by atomic mass is 14.8. The smallest absolute Gasteiger partial charge is 0.158 e. The molecule has 3 nitrogen and oxygen atoms in total. The maximum Gasteiger partial charge on any atom is 0.158 e. The van der Waals surface area contributed by atoms with Gasteiger partial charge in [-0.3, -0.25) is 4.98 Å². The van der Waals surface area contributed by atoms with Crippen molar-refractivity contribution in [2.75, 3.05) is 0 Å². The van der Waals surface area contributed by atoms with Gasteiger partial charge in [-0.1, -0.05) is 27.7 Å². The van der Waals surface area contributed by atoms with E-state index in [2.05, 4.69) is 9.97 Å². The topological polar surface area (TPSA) is 49.6 Å². The lowest BCUT2D eigenvalue weighted by Gasteiger charge is -1.79. The van der Waals surface area contributed by atoms with Gasteiger partial charge in [0.25, 0.3) is 0 Å². The Hall–Kier alpha value is -1.43. The zero-order valence-electron chi connectivity index (χ0n) is 8.07. The van der Waals surface area contributed by atoms with Crippen LogP contribution in [0.4, 0.5) is 0 Å². The Bertz CT molecular complexity index is 201. The molecule has 0 aromatic carbocycles. The minimum atomic E-state index is 0.354. The van der Waals surface area contributed by atoms with E-state index in [0.717, 1.165) is 0 Å². The van der Waals surface area contributed by atoms with E-state index in [-0.39, 0.29) is 0 Å². The summed E-state index contributed by atoms with van der Waals surface area (Å²) in [6, 6.07) is 1.85. The van der Waals surface area contributed by atoms with E-state index in [1.165, 1.54) is 18.6 Å². The summed E-state index contributed by atoms with van der Waals surface area (Å²) >= 11 is 0. The molecule has 0 saturated carbocycles. The van der Waals surface area contributed by atoms with Crippen LogP contribution < -0.4 is 0 Å². The third-order valence-electron chi connectivity index (χ3n) is 0.678. The number of nitriles is 1. The second-order valence-corrected chi connectivity index (χ2v) is 1.20. The summed E-state index contributed by atoms with van der Waals surface area (Å²) in [6.07, 6.45) is 4.43. The van der Waals surface area contributed by atoms with Crippen LogP contribution >= 0.6 is 0 Å². The van der Waals surface area contributed by atoms with E-state index in [1.807, 2.05) is 33.8 Å². The van der Waals surface area contributed by atoms with Gasteiger partial charge in [-0.15, -0.1) is 0 Å². The molecule has 0 N–H and O–H groups in total. The molecule has 66 valence electrons. The van der Waals surface area contributed by atoms with Gasteiger partial charge < -0.3 is 0 Å². The van der Waals surface area contributed by atoms with Crippen molar-refractivity contribution in [2.45, 2.75) is 27.7 Å². The first-order valence-corrected chi connectivity index (χ1v) is 4.09. The summed E-state index contributed by atoms with van der Waals surface area (Å²) < 4.78 is 0. The van der Waals surface area contributed by atoms with E-state index >= 15 is 0 Å². The van der Waals surface area contributed by atoms with Crippen molar-refractivity contribution >= 4 is 0 Å². The fourth-order valence-corrected chi connectivity index (χ4v) is 0.357. The Morgan fingerprint density at radius 3 is 2.00 bits per heavy atom. The largest absolute Gasteiger partial charge is 0.260 e. The number of aromatic nitrogens is 2. The van der Waals surface area contributed by atoms with Crippen LogP contribution in [0.25, 0.3) is 0 Å². The maximum atomic E-state index is 8.19. The molecule has 0 aliphatic rings. The number of hydrogen-bond donors (Lipinski definition) is 0. The molecule has 0 atom stereocenters. The van der Waals surface area contributed by atoms with E-state index in [4.69, 9.17) is 5.26 Å². The Morgan fingerprint density at radius 2 is 1.75 bits per heavy atom.